The second kappa shape index (κ2) is 5.23. The third kappa shape index (κ3) is 3.33. The molecule has 8 heteroatoms. The summed E-state index contributed by atoms with van der Waals surface area (Å²) in [6, 6.07) is 4.69. The lowest BCUT2D eigenvalue weighted by Crippen LogP contribution is -1.95. The molecule has 0 aliphatic carbocycles. The maximum absolute atomic E-state index is 5.91. The monoisotopic (exact) mass is 309 g/mol. The Morgan fingerprint density at radius 1 is 0.882 bits per heavy atom. The Morgan fingerprint density at radius 2 is 1.53 bits per heavy atom. The summed E-state index contributed by atoms with van der Waals surface area (Å²) >= 11 is 22.9. The van der Waals surface area contributed by atoms with E-state index in [1.165, 1.54) is 6.07 Å². The highest BCUT2D eigenvalue weighted by molar-refractivity contribution is 6.35. The van der Waals surface area contributed by atoms with Gasteiger partial charge >= 0.3 is 6.01 Å². The first kappa shape index (κ1) is 12.6. The molecule has 0 radical (unpaired) electrons. The predicted octanol–water partition coefficient (Wildman–Crippen LogP) is 4.28. The first-order chi connectivity index (χ1) is 8.04. The van der Waals surface area contributed by atoms with Gasteiger partial charge in [-0.05, 0) is 41.4 Å². The summed E-state index contributed by atoms with van der Waals surface area (Å²) in [5, 5.41) is 0.689. The molecule has 0 unspecified atom stereocenters. The van der Waals surface area contributed by atoms with Crippen molar-refractivity contribution in [3.8, 4) is 11.8 Å². The maximum atomic E-state index is 5.91. The summed E-state index contributed by atoms with van der Waals surface area (Å²) in [6.07, 6.45) is 0. The van der Waals surface area contributed by atoms with Gasteiger partial charge in [-0.25, -0.2) is 0 Å². The van der Waals surface area contributed by atoms with Crippen molar-refractivity contribution < 1.29 is 4.74 Å². The minimum Gasteiger partial charge on any atom is -0.423 e. The lowest BCUT2D eigenvalue weighted by atomic mass is 10.3. The van der Waals surface area contributed by atoms with Crippen molar-refractivity contribution in [2.45, 2.75) is 0 Å². The number of halogens is 4. The summed E-state index contributed by atoms with van der Waals surface area (Å²) < 4.78 is 5.30. The van der Waals surface area contributed by atoms with Crippen LogP contribution in [0.25, 0.3) is 0 Å². The predicted molar refractivity (Wildman–Crippen MR) is 66.4 cm³/mol. The van der Waals surface area contributed by atoms with Gasteiger partial charge < -0.3 is 4.74 Å². The van der Waals surface area contributed by atoms with E-state index in [4.69, 9.17) is 51.1 Å². The molecule has 4 nitrogen and oxygen atoms in total. The molecule has 0 N–H and O–H groups in total. The molecule has 0 fully saturated rings. The number of benzene rings is 1. The molecular formula is C9H3Cl4N3O. The third-order valence-electron chi connectivity index (χ3n) is 1.66. The molecule has 0 saturated heterocycles. The van der Waals surface area contributed by atoms with Crippen molar-refractivity contribution in [1.82, 2.24) is 15.0 Å². The summed E-state index contributed by atoms with van der Waals surface area (Å²) in [6.45, 7) is 0. The Morgan fingerprint density at radius 3 is 2.12 bits per heavy atom. The average molecular weight is 311 g/mol. The van der Waals surface area contributed by atoms with Crippen LogP contribution in [0.1, 0.15) is 0 Å². The van der Waals surface area contributed by atoms with E-state index >= 15 is 0 Å². The van der Waals surface area contributed by atoms with Crippen LogP contribution in [0.5, 0.6) is 11.8 Å². The molecule has 88 valence electrons. The van der Waals surface area contributed by atoms with Crippen LogP contribution in [-0.4, -0.2) is 15.0 Å². The van der Waals surface area contributed by atoms with Crippen LogP contribution in [0, 0.1) is 0 Å². The van der Waals surface area contributed by atoms with E-state index in [2.05, 4.69) is 15.0 Å². The van der Waals surface area contributed by atoms with Gasteiger partial charge in [-0.15, -0.1) is 0 Å². The Hall–Kier alpha value is -0.810. The number of hydrogen-bond acceptors (Lipinski definition) is 4. The molecule has 1 heterocycles. The fourth-order valence-electron chi connectivity index (χ4n) is 1.01. The maximum Gasteiger partial charge on any atom is 0.327 e. The Kier molecular flexibility index (Phi) is 3.89. The largest absolute Gasteiger partial charge is 0.423 e. The lowest BCUT2D eigenvalue weighted by molar-refractivity contribution is 0.440. The van der Waals surface area contributed by atoms with Crippen molar-refractivity contribution in [3.05, 3.63) is 38.8 Å². The minimum absolute atomic E-state index is 0.0424. The van der Waals surface area contributed by atoms with Crippen molar-refractivity contribution in [1.29, 1.82) is 0 Å². The van der Waals surface area contributed by atoms with Crippen LogP contribution in [0.15, 0.2) is 18.2 Å². The first-order valence-corrected chi connectivity index (χ1v) is 5.76. The quantitative estimate of drug-likeness (QED) is 0.830. The van der Waals surface area contributed by atoms with Gasteiger partial charge in [-0.3, -0.25) is 0 Å². The molecule has 0 aliphatic heterocycles. The van der Waals surface area contributed by atoms with Crippen LogP contribution >= 0.6 is 46.4 Å². The fraction of sp³-hybridized carbons (Fsp3) is 0. The fourth-order valence-corrected chi connectivity index (χ4v) is 1.81. The van der Waals surface area contributed by atoms with Crippen LogP contribution in [0.4, 0.5) is 0 Å². The van der Waals surface area contributed by atoms with E-state index < -0.39 is 0 Å². The van der Waals surface area contributed by atoms with Crippen molar-refractivity contribution >= 4 is 46.4 Å². The topological polar surface area (TPSA) is 47.9 Å². The van der Waals surface area contributed by atoms with Gasteiger partial charge in [-0.2, -0.15) is 15.0 Å². The number of aromatic nitrogens is 3. The molecule has 0 atom stereocenters. The smallest absolute Gasteiger partial charge is 0.327 e. The summed E-state index contributed by atoms with van der Waals surface area (Å²) in [4.78, 5) is 11.1. The lowest BCUT2D eigenvalue weighted by Gasteiger charge is -2.05. The minimum atomic E-state index is -0.0647. The molecule has 17 heavy (non-hydrogen) atoms. The molecule has 0 bridgehead atoms. The molecule has 1 aromatic heterocycles. The zero-order valence-corrected chi connectivity index (χ0v) is 11.0. The van der Waals surface area contributed by atoms with Crippen molar-refractivity contribution in [2.75, 3.05) is 0 Å². The Labute approximate surface area is 116 Å². The van der Waals surface area contributed by atoms with Gasteiger partial charge in [-0.1, -0.05) is 23.2 Å². The normalized spacial score (nSPS) is 10.4. The average Bonchev–Trinajstić information content (AvgIpc) is 2.21. The standard InChI is InChI=1S/C9H3Cl4N3O/c10-4-1-2-6(5(11)3-4)17-9-15-7(12)14-8(13)16-9/h1-3H. The highest BCUT2D eigenvalue weighted by Crippen LogP contribution is 2.30. The molecular weight excluding hydrogens is 308 g/mol. The van der Waals surface area contributed by atoms with E-state index in [0.717, 1.165) is 0 Å². The van der Waals surface area contributed by atoms with Crippen LogP contribution < -0.4 is 4.74 Å². The van der Waals surface area contributed by atoms with E-state index in [-0.39, 0.29) is 16.6 Å². The first-order valence-electron chi connectivity index (χ1n) is 4.24. The Balaban J connectivity index is 2.31. The van der Waals surface area contributed by atoms with E-state index in [1.54, 1.807) is 12.1 Å². The molecule has 1 aromatic carbocycles. The number of nitrogens with zero attached hydrogens (tertiary/aromatic N) is 3. The molecule has 0 saturated carbocycles. The highest BCUT2D eigenvalue weighted by Gasteiger charge is 2.08. The van der Waals surface area contributed by atoms with Crippen LogP contribution in [-0.2, 0) is 0 Å². The molecule has 0 aliphatic rings. The molecule has 0 amide bonds. The summed E-state index contributed by atoms with van der Waals surface area (Å²) in [7, 11) is 0. The molecule has 2 aromatic rings. The van der Waals surface area contributed by atoms with Crippen LogP contribution in [0.3, 0.4) is 0 Å². The second-order valence-electron chi connectivity index (χ2n) is 2.83. The van der Waals surface area contributed by atoms with Gasteiger partial charge in [0, 0.05) is 5.02 Å². The number of ether oxygens (including phenoxy) is 1. The molecule has 0 spiro atoms. The second-order valence-corrected chi connectivity index (χ2v) is 4.35. The zero-order valence-electron chi connectivity index (χ0n) is 7.99. The van der Waals surface area contributed by atoms with Crippen molar-refractivity contribution in [2.24, 2.45) is 0 Å². The third-order valence-corrected chi connectivity index (χ3v) is 2.52. The number of hydrogen-bond donors (Lipinski definition) is 0. The van der Waals surface area contributed by atoms with Gasteiger partial charge in [0.1, 0.15) is 5.75 Å². The van der Waals surface area contributed by atoms with E-state index in [0.29, 0.717) is 15.8 Å². The van der Waals surface area contributed by atoms with Gasteiger partial charge in [0.15, 0.2) is 0 Å². The zero-order chi connectivity index (χ0) is 12.4. The van der Waals surface area contributed by atoms with Gasteiger partial charge in [0.05, 0.1) is 5.02 Å². The highest BCUT2D eigenvalue weighted by atomic mass is 35.5. The Bertz CT molecular complexity index is 544. The van der Waals surface area contributed by atoms with Crippen molar-refractivity contribution in [3.63, 3.8) is 0 Å². The SMILES string of the molecule is Clc1ccc(Oc2nc(Cl)nc(Cl)n2)c(Cl)c1. The van der Waals surface area contributed by atoms with Crippen LogP contribution in [0.2, 0.25) is 20.6 Å². The molecule has 2 rings (SSSR count). The van der Waals surface area contributed by atoms with Gasteiger partial charge in [0.2, 0.25) is 10.6 Å². The van der Waals surface area contributed by atoms with E-state index in [9.17, 15) is 0 Å². The number of rotatable bonds is 2. The van der Waals surface area contributed by atoms with Gasteiger partial charge in [0.25, 0.3) is 0 Å². The summed E-state index contributed by atoms with van der Waals surface area (Å²) in [5.74, 6) is 0.342. The summed E-state index contributed by atoms with van der Waals surface area (Å²) in [5.41, 5.74) is 0. The van der Waals surface area contributed by atoms with E-state index in [1.807, 2.05) is 0 Å².